The molecular formula is C18H37N3. The predicted molar refractivity (Wildman–Crippen MR) is 91.8 cm³/mol. The highest BCUT2D eigenvalue weighted by Gasteiger charge is 2.40. The molecule has 2 unspecified atom stereocenters. The molecule has 2 bridgehead atoms. The Morgan fingerprint density at radius 2 is 1.62 bits per heavy atom. The Hall–Kier alpha value is -0.120. The van der Waals surface area contributed by atoms with Crippen LogP contribution in [0.15, 0.2) is 0 Å². The van der Waals surface area contributed by atoms with Crippen molar-refractivity contribution in [2.24, 2.45) is 0 Å². The van der Waals surface area contributed by atoms with E-state index in [1.54, 1.807) is 0 Å². The van der Waals surface area contributed by atoms with Gasteiger partial charge in [-0.25, -0.2) is 0 Å². The monoisotopic (exact) mass is 295 g/mol. The van der Waals surface area contributed by atoms with Crippen LogP contribution in [0, 0.1) is 0 Å². The third kappa shape index (κ3) is 4.43. The van der Waals surface area contributed by atoms with Crippen molar-refractivity contribution in [2.45, 2.75) is 96.9 Å². The van der Waals surface area contributed by atoms with Crippen LogP contribution in [0.5, 0.6) is 0 Å². The van der Waals surface area contributed by atoms with Crippen molar-refractivity contribution in [1.29, 1.82) is 0 Å². The third-order valence-electron chi connectivity index (χ3n) is 5.51. The summed E-state index contributed by atoms with van der Waals surface area (Å²) in [4.78, 5) is 5.47. The summed E-state index contributed by atoms with van der Waals surface area (Å²) in [5.74, 6) is 0. The molecule has 1 N–H and O–H groups in total. The summed E-state index contributed by atoms with van der Waals surface area (Å²) < 4.78 is 0. The lowest BCUT2D eigenvalue weighted by molar-refractivity contribution is 0.0831. The molecule has 0 amide bonds. The molecule has 0 aromatic rings. The summed E-state index contributed by atoms with van der Waals surface area (Å²) in [5, 5.41) is 3.76. The fraction of sp³-hybridized carbons (Fsp3) is 1.00. The van der Waals surface area contributed by atoms with Gasteiger partial charge < -0.3 is 5.32 Å². The number of nitrogens with zero attached hydrogens (tertiary/aromatic N) is 2. The maximum atomic E-state index is 3.76. The quantitative estimate of drug-likeness (QED) is 0.742. The average molecular weight is 296 g/mol. The molecule has 0 radical (unpaired) electrons. The van der Waals surface area contributed by atoms with E-state index in [0.717, 1.165) is 18.1 Å². The number of hydrogen-bond donors (Lipinski definition) is 1. The first-order valence-corrected chi connectivity index (χ1v) is 9.27. The molecule has 2 saturated heterocycles. The van der Waals surface area contributed by atoms with Gasteiger partial charge in [0.2, 0.25) is 0 Å². The minimum absolute atomic E-state index is 0.659. The van der Waals surface area contributed by atoms with Crippen LogP contribution in [0.25, 0.3) is 0 Å². The van der Waals surface area contributed by atoms with Crippen molar-refractivity contribution in [2.75, 3.05) is 19.6 Å². The number of hydrogen-bond acceptors (Lipinski definition) is 3. The standard InChI is InChI=1S/C18H37N3/c1-6-9-19-16-12-17-7-8-18(13-16)21(17)11-10-20(14(2)3)15(4)5/h14-19H,6-13H2,1-5H3. The first kappa shape index (κ1) is 17.2. The molecule has 2 heterocycles. The predicted octanol–water partition coefficient (Wildman–Crippen LogP) is 3.10. The van der Waals surface area contributed by atoms with Gasteiger partial charge in [-0.1, -0.05) is 6.92 Å². The molecule has 2 aliphatic rings. The Bertz CT molecular complexity index is 281. The molecule has 2 fully saturated rings. The molecule has 2 aliphatic heterocycles. The van der Waals surface area contributed by atoms with Crippen LogP contribution in [0.2, 0.25) is 0 Å². The molecule has 2 rings (SSSR count). The van der Waals surface area contributed by atoms with E-state index in [1.165, 1.54) is 51.7 Å². The number of piperidine rings is 1. The smallest absolute Gasteiger partial charge is 0.0115 e. The summed E-state index contributed by atoms with van der Waals surface area (Å²) in [6, 6.07) is 3.79. The molecule has 0 aliphatic carbocycles. The number of fused-ring (bicyclic) bond motifs is 2. The molecule has 2 atom stereocenters. The molecule has 0 aromatic carbocycles. The lowest BCUT2D eigenvalue weighted by Crippen LogP contribution is -2.52. The third-order valence-corrected chi connectivity index (χ3v) is 5.51. The molecule has 0 aromatic heterocycles. The van der Waals surface area contributed by atoms with Crippen LogP contribution in [0.1, 0.15) is 66.7 Å². The van der Waals surface area contributed by atoms with Crippen LogP contribution >= 0.6 is 0 Å². The highest BCUT2D eigenvalue weighted by molar-refractivity contribution is 4.97. The van der Waals surface area contributed by atoms with Gasteiger partial charge in [-0.2, -0.15) is 0 Å². The lowest BCUT2D eigenvalue weighted by Gasteiger charge is -2.41. The highest BCUT2D eigenvalue weighted by Crippen LogP contribution is 2.35. The van der Waals surface area contributed by atoms with Gasteiger partial charge >= 0.3 is 0 Å². The maximum Gasteiger partial charge on any atom is 0.0115 e. The topological polar surface area (TPSA) is 18.5 Å². The minimum Gasteiger partial charge on any atom is -0.314 e. The number of rotatable bonds is 8. The summed E-state index contributed by atoms with van der Waals surface area (Å²) in [7, 11) is 0. The summed E-state index contributed by atoms with van der Waals surface area (Å²) >= 11 is 0. The van der Waals surface area contributed by atoms with E-state index >= 15 is 0 Å². The second-order valence-corrected chi connectivity index (χ2v) is 7.67. The zero-order valence-electron chi connectivity index (χ0n) is 14.9. The van der Waals surface area contributed by atoms with Crippen molar-refractivity contribution >= 4 is 0 Å². The summed E-state index contributed by atoms with van der Waals surface area (Å²) in [6.07, 6.45) is 6.86. The zero-order valence-corrected chi connectivity index (χ0v) is 14.9. The highest BCUT2D eigenvalue weighted by atomic mass is 15.3. The van der Waals surface area contributed by atoms with Gasteiger partial charge in [0.25, 0.3) is 0 Å². The molecule has 21 heavy (non-hydrogen) atoms. The van der Waals surface area contributed by atoms with Crippen LogP contribution in [0.3, 0.4) is 0 Å². The molecule has 3 nitrogen and oxygen atoms in total. The van der Waals surface area contributed by atoms with Crippen LogP contribution < -0.4 is 5.32 Å². The van der Waals surface area contributed by atoms with E-state index in [9.17, 15) is 0 Å². The van der Waals surface area contributed by atoms with Crippen LogP contribution in [0.4, 0.5) is 0 Å². The Morgan fingerprint density at radius 3 is 2.10 bits per heavy atom. The van der Waals surface area contributed by atoms with Crippen molar-refractivity contribution in [3.05, 3.63) is 0 Å². The van der Waals surface area contributed by atoms with Gasteiger partial charge in [0.1, 0.15) is 0 Å². The largest absolute Gasteiger partial charge is 0.314 e. The van der Waals surface area contributed by atoms with Gasteiger partial charge in [0, 0.05) is 43.3 Å². The molecule has 0 spiro atoms. The second-order valence-electron chi connectivity index (χ2n) is 7.67. The fourth-order valence-corrected chi connectivity index (χ4v) is 4.50. The summed E-state index contributed by atoms with van der Waals surface area (Å²) in [6.45, 7) is 15.3. The first-order valence-electron chi connectivity index (χ1n) is 9.27. The van der Waals surface area contributed by atoms with Crippen LogP contribution in [-0.2, 0) is 0 Å². The van der Waals surface area contributed by atoms with Crippen molar-refractivity contribution in [3.8, 4) is 0 Å². The zero-order chi connectivity index (χ0) is 15.4. The molecule has 3 heteroatoms. The Kier molecular flexibility index (Phi) is 6.51. The Balaban J connectivity index is 1.83. The van der Waals surface area contributed by atoms with E-state index in [1.807, 2.05) is 0 Å². The number of nitrogens with one attached hydrogen (secondary N) is 1. The second kappa shape index (κ2) is 7.94. The SMILES string of the molecule is CCCNC1CC2CCC(C1)N2CCN(C(C)C)C(C)C. The minimum atomic E-state index is 0.659. The molecule has 124 valence electrons. The van der Waals surface area contributed by atoms with Gasteiger partial charge in [0.05, 0.1) is 0 Å². The fourth-order valence-electron chi connectivity index (χ4n) is 4.50. The maximum absolute atomic E-state index is 3.76. The first-order chi connectivity index (χ1) is 10.0. The van der Waals surface area contributed by atoms with Crippen molar-refractivity contribution < 1.29 is 0 Å². The van der Waals surface area contributed by atoms with E-state index in [2.05, 4.69) is 49.7 Å². The van der Waals surface area contributed by atoms with Gasteiger partial charge in [-0.15, -0.1) is 0 Å². The van der Waals surface area contributed by atoms with E-state index in [0.29, 0.717) is 12.1 Å². The van der Waals surface area contributed by atoms with Crippen LogP contribution in [-0.4, -0.2) is 59.6 Å². The van der Waals surface area contributed by atoms with Gasteiger partial charge in [-0.05, 0) is 66.3 Å². The van der Waals surface area contributed by atoms with Crippen molar-refractivity contribution in [3.63, 3.8) is 0 Å². The normalized spacial score (nSPS) is 30.0. The lowest BCUT2D eigenvalue weighted by atomic mass is 9.97. The summed E-state index contributed by atoms with van der Waals surface area (Å²) in [5.41, 5.74) is 0. The van der Waals surface area contributed by atoms with E-state index in [4.69, 9.17) is 0 Å². The van der Waals surface area contributed by atoms with Gasteiger partial charge in [-0.3, -0.25) is 9.80 Å². The van der Waals surface area contributed by atoms with Gasteiger partial charge in [0.15, 0.2) is 0 Å². The molecule has 0 saturated carbocycles. The molecular weight excluding hydrogens is 258 g/mol. The van der Waals surface area contributed by atoms with Crippen molar-refractivity contribution in [1.82, 2.24) is 15.1 Å². The van der Waals surface area contributed by atoms with E-state index in [-0.39, 0.29) is 0 Å². The Morgan fingerprint density at radius 1 is 1.05 bits per heavy atom. The average Bonchev–Trinajstić information content (AvgIpc) is 2.67. The Labute approximate surface area is 132 Å². The van der Waals surface area contributed by atoms with E-state index < -0.39 is 0 Å².